The van der Waals surface area contributed by atoms with Gasteiger partial charge < -0.3 is 10.2 Å². The van der Waals surface area contributed by atoms with E-state index in [0.717, 1.165) is 38.5 Å². The molecule has 2 aliphatic carbocycles. The van der Waals surface area contributed by atoms with E-state index in [2.05, 4.69) is 5.32 Å². The molecule has 1 N–H and O–H groups in total. The zero-order valence-electron chi connectivity index (χ0n) is 12.3. The van der Waals surface area contributed by atoms with Crippen LogP contribution in [0, 0.1) is 0 Å². The van der Waals surface area contributed by atoms with E-state index >= 15 is 0 Å². The quantitative estimate of drug-likeness (QED) is 0.800. The highest BCUT2D eigenvalue weighted by atomic mass is 16.2. The molecule has 2 saturated carbocycles. The Morgan fingerprint density at radius 3 is 2.15 bits per heavy atom. The first-order chi connectivity index (χ1) is 9.71. The summed E-state index contributed by atoms with van der Waals surface area (Å²) in [6, 6.07) is 0.298. The maximum absolute atomic E-state index is 12.9. The summed E-state index contributed by atoms with van der Waals surface area (Å²) in [5, 5.41) is 3.01. The summed E-state index contributed by atoms with van der Waals surface area (Å²) in [5.41, 5.74) is -0.544. The second-order valence-electron chi connectivity index (χ2n) is 6.77. The summed E-state index contributed by atoms with van der Waals surface area (Å²) in [4.78, 5) is 26.9. The van der Waals surface area contributed by atoms with Gasteiger partial charge in [0.2, 0.25) is 11.8 Å². The smallest absolute Gasteiger partial charge is 0.249 e. The molecule has 0 bridgehead atoms. The van der Waals surface area contributed by atoms with Crippen molar-refractivity contribution in [1.29, 1.82) is 0 Å². The van der Waals surface area contributed by atoms with Crippen molar-refractivity contribution < 1.29 is 9.59 Å². The molecule has 0 atom stereocenters. The Balaban J connectivity index is 1.76. The lowest BCUT2D eigenvalue weighted by Crippen LogP contribution is -2.67. The summed E-state index contributed by atoms with van der Waals surface area (Å²) in [6.07, 6.45) is 12.2. The molecule has 3 aliphatic rings. The first-order valence-electron chi connectivity index (χ1n) is 8.33. The van der Waals surface area contributed by atoms with Crippen molar-refractivity contribution in [2.24, 2.45) is 0 Å². The third-order valence-corrected chi connectivity index (χ3v) is 5.34. The van der Waals surface area contributed by atoms with Gasteiger partial charge in [0.05, 0.1) is 6.54 Å². The zero-order valence-corrected chi connectivity index (χ0v) is 12.3. The number of amides is 2. The molecule has 0 aromatic heterocycles. The number of rotatable bonds is 1. The van der Waals surface area contributed by atoms with Crippen LogP contribution in [0.4, 0.5) is 0 Å². The van der Waals surface area contributed by atoms with Gasteiger partial charge >= 0.3 is 0 Å². The van der Waals surface area contributed by atoms with Crippen molar-refractivity contribution in [3.05, 3.63) is 0 Å². The number of nitrogens with one attached hydrogen (secondary N) is 1. The Labute approximate surface area is 121 Å². The normalized spacial score (nSPS) is 28.3. The molecule has 3 rings (SSSR count). The average Bonchev–Trinajstić information content (AvgIpc) is 2.83. The number of carbonyl (C=O) groups is 2. The second-order valence-corrected chi connectivity index (χ2v) is 6.77. The minimum absolute atomic E-state index is 0.0496. The van der Waals surface area contributed by atoms with Gasteiger partial charge in [-0.25, -0.2) is 0 Å². The lowest BCUT2D eigenvalue weighted by Gasteiger charge is -2.43. The highest BCUT2D eigenvalue weighted by Gasteiger charge is 2.49. The fourth-order valence-corrected chi connectivity index (χ4v) is 4.22. The summed E-state index contributed by atoms with van der Waals surface area (Å²) in [7, 11) is 0. The number of nitrogens with zero attached hydrogens (tertiary/aromatic N) is 1. The van der Waals surface area contributed by atoms with Crippen molar-refractivity contribution in [1.82, 2.24) is 10.2 Å². The zero-order chi connectivity index (χ0) is 14.0. The van der Waals surface area contributed by atoms with Crippen molar-refractivity contribution in [2.45, 2.75) is 82.2 Å². The second kappa shape index (κ2) is 5.74. The number of piperazine rings is 1. The van der Waals surface area contributed by atoms with E-state index in [1.165, 1.54) is 32.1 Å². The van der Waals surface area contributed by atoms with Gasteiger partial charge in [0.25, 0.3) is 0 Å². The van der Waals surface area contributed by atoms with Crippen molar-refractivity contribution in [2.75, 3.05) is 6.54 Å². The molecule has 1 aliphatic heterocycles. The monoisotopic (exact) mass is 278 g/mol. The van der Waals surface area contributed by atoms with Gasteiger partial charge in [-0.05, 0) is 25.7 Å². The molecule has 4 nitrogen and oxygen atoms in total. The molecule has 1 spiro atoms. The van der Waals surface area contributed by atoms with Gasteiger partial charge in [-0.1, -0.05) is 44.9 Å². The van der Waals surface area contributed by atoms with Crippen molar-refractivity contribution >= 4 is 11.8 Å². The van der Waals surface area contributed by atoms with Gasteiger partial charge in [0.1, 0.15) is 5.54 Å². The molecule has 3 fully saturated rings. The Bertz CT molecular complexity index is 380. The van der Waals surface area contributed by atoms with Crippen LogP contribution in [-0.2, 0) is 9.59 Å². The van der Waals surface area contributed by atoms with Gasteiger partial charge in [0.15, 0.2) is 0 Å². The molecule has 0 aromatic carbocycles. The summed E-state index contributed by atoms with van der Waals surface area (Å²) in [6.45, 7) is 0.283. The molecule has 1 saturated heterocycles. The van der Waals surface area contributed by atoms with E-state index in [1.54, 1.807) is 0 Å². The van der Waals surface area contributed by atoms with E-state index in [4.69, 9.17) is 0 Å². The molecule has 4 heteroatoms. The standard InChI is InChI=1S/C16H26N2O2/c19-14-12-18(13-8-4-2-1-3-5-9-13)15(20)16(17-14)10-6-7-11-16/h13H,1-12H2,(H,17,19). The van der Waals surface area contributed by atoms with Gasteiger partial charge in [-0.15, -0.1) is 0 Å². The van der Waals surface area contributed by atoms with Crippen LogP contribution >= 0.6 is 0 Å². The lowest BCUT2D eigenvalue weighted by atomic mass is 9.89. The van der Waals surface area contributed by atoms with Crippen molar-refractivity contribution in [3.8, 4) is 0 Å². The number of carbonyl (C=O) groups excluding carboxylic acids is 2. The highest BCUT2D eigenvalue weighted by Crippen LogP contribution is 2.35. The third-order valence-electron chi connectivity index (χ3n) is 5.34. The molecule has 0 aromatic rings. The van der Waals surface area contributed by atoms with Crippen LogP contribution in [0.25, 0.3) is 0 Å². The van der Waals surface area contributed by atoms with Gasteiger partial charge in [0, 0.05) is 6.04 Å². The first-order valence-corrected chi connectivity index (χ1v) is 8.33. The van der Waals surface area contributed by atoms with E-state index in [1.807, 2.05) is 4.90 Å². The predicted molar refractivity (Wildman–Crippen MR) is 77.2 cm³/mol. The first kappa shape index (κ1) is 13.9. The van der Waals surface area contributed by atoms with Crippen LogP contribution in [0.5, 0.6) is 0 Å². The van der Waals surface area contributed by atoms with E-state index in [0.29, 0.717) is 6.04 Å². The molecule has 2 amide bonds. The Hall–Kier alpha value is -1.06. The summed E-state index contributed by atoms with van der Waals surface area (Å²) < 4.78 is 0. The van der Waals surface area contributed by atoms with Crippen LogP contribution in [0.2, 0.25) is 0 Å². The lowest BCUT2D eigenvalue weighted by molar-refractivity contribution is -0.152. The summed E-state index contributed by atoms with van der Waals surface area (Å²) >= 11 is 0. The van der Waals surface area contributed by atoms with Crippen LogP contribution in [0.15, 0.2) is 0 Å². The maximum atomic E-state index is 12.9. The summed E-state index contributed by atoms with van der Waals surface area (Å²) in [5.74, 6) is 0.258. The average molecular weight is 278 g/mol. The SMILES string of the molecule is O=C1CN(C2CCCCCCC2)C(=O)C2(CCCC2)N1. The molecular weight excluding hydrogens is 252 g/mol. The number of hydrogen-bond donors (Lipinski definition) is 1. The fraction of sp³-hybridized carbons (Fsp3) is 0.875. The topological polar surface area (TPSA) is 49.4 Å². The predicted octanol–water partition coefficient (Wildman–Crippen LogP) is 2.37. The minimum Gasteiger partial charge on any atom is -0.340 e. The number of hydrogen-bond acceptors (Lipinski definition) is 2. The van der Waals surface area contributed by atoms with Gasteiger partial charge in [-0.3, -0.25) is 9.59 Å². The molecule has 20 heavy (non-hydrogen) atoms. The highest BCUT2D eigenvalue weighted by molar-refractivity contribution is 5.98. The Kier molecular flexibility index (Phi) is 3.99. The van der Waals surface area contributed by atoms with Crippen LogP contribution < -0.4 is 5.32 Å². The van der Waals surface area contributed by atoms with E-state index in [9.17, 15) is 9.59 Å². The van der Waals surface area contributed by atoms with Gasteiger partial charge in [-0.2, -0.15) is 0 Å². The van der Waals surface area contributed by atoms with E-state index in [-0.39, 0.29) is 18.4 Å². The minimum atomic E-state index is -0.544. The molecular formula is C16H26N2O2. The molecule has 1 heterocycles. The largest absolute Gasteiger partial charge is 0.340 e. The maximum Gasteiger partial charge on any atom is 0.249 e. The third kappa shape index (κ3) is 2.57. The molecule has 0 unspecified atom stereocenters. The Morgan fingerprint density at radius 1 is 0.900 bits per heavy atom. The Morgan fingerprint density at radius 2 is 1.50 bits per heavy atom. The molecule has 0 radical (unpaired) electrons. The van der Waals surface area contributed by atoms with Crippen LogP contribution in [0.3, 0.4) is 0 Å². The van der Waals surface area contributed by atoms with Crippen molar-refractivity contribution in [3.63, 3.8) is 0 Å². The fourth-order valence-electron chi connectivity index (χ4n) is 4.22. The molecule has 112 valence electrons. The van der Waals surface area contributed by atoms with Crippen LogP contribution in [-0.4, -0.2) is 34.8 Å². The van der Waals surface area contributed by atoms with E-state index < -0.39 is 5.54 Å². The van der Waals surface area contributed by atoms with Crippen LogP contribution in [0.1, 0.15) is 70.6 Å².